The summed E-state index contributed by atoms with van der Waals surface area (Å²) in [4.78, 5) is 26.2. The van der Waals surface area contributed by atoms with Gasteiger partial charge in [0.05, 0.1) is 11.0 Å². The fourth-order valence-corrected chi connectivity index (χ4v) is 1.89. The highest BCUT2D eigenvalue weighted by Gasteiger charge is 2.26. The van der Waals surface area contributed by atoms with Gasteiger partial charge in [0.15, 0.2) is 5.58 Å². The van der Waals surface area contributed by atoms with Gasteiger partial charge in [-0.15, -0.1) is 0 Å². The number of nitro benzene ring substituents is 1. The number of carbonyl (C=O) groups excluding carboxylic acids is 1. The van der Waals surface area contributed by atoms with Crippen LogP contribution < -0.4 is 10.6 Å². The average Bonchev–Trinajstić information content (AvgIpc) is 3.15. The van der Waals surface area contributed by atoms with E-state index in [0.29, 0.717) is 11.1 Å². The number of amides is 1. The first-order valence-electron chi connectivity index (χ1n) is 6.65. The van der Waals surface area contributed by atoms with Gasteiger partial charge in [-0.2, -0.15) is 4.98 Å². The molecule has 1 aromatic heterocycles. The minimum atomic E-state index is -0.499. The van der Waals surface area contributed by atoms with Crippen molar-refractivity contribution in [3.8, 4) is 0 Å². The number of fused-ring (bicyclic) bond motifs is 1. The number of non-ortho nitro benzene ring substituents is 1. The molecule has 1 amide bonds. The number of benzene rings is 1. The molecule has 2 N–H and O–H groups in total. The zero-order chi connectivity index (χ0) is 15.0. The van der Waals surface area contributed by atoms with Crippen LogP contribution in [0.3, 0.4) is 0 Å². The summed E-state index contributed by atoms with van der Waals surface area (Å²) in [6.45, 7) is 1.70. The lowest BCUT2D eigenvalue weighted by atomic mass is 10.3. The zero-order valence-corrected chi connectivity index (χ0v) is 11.3. The predicted molar refractivity (Wildman–Crippen MR) is 74.9 cm³/mol. The van der Waals surface area contributed by atoms with Gasteiger partial charge in [0.2, 0.25) is 5.91 Å². The number of nitrogens with zero attached hydrogens (tertiary/aromatic N) is 2. The Morgan fingerprint density at radius 3 is 2.95 bits per heavy atom. The van der Waals surface area contributed by atoms with Crippen molar-refractivity contribution in [2.45, 2.75) is 31.8 Å². The van der Waals surface area contributed by atoms with Gasteiger partial charge >= 0.3 is 0 Å². The summed E-state index contributed by atoms with van der Waals surface area (Å²) in [6, 6.07) is 4.14. The van der Waals surface area contributed by atoms with Gasteiger partial charge in [0.1, 0.15) is 11.6 Å². The van der Waals surface area contributed by atoms with Crippen LogP contribution in [0.4, 0.5) is 11.7 Å². The van der Waals surface area contributed by atoms with Gasteiger partial charge in [-0.3, -0.25) is 14.9 Å². The number of hydrogen-bond acceptors (Lipinski definition) is 6. The number of nitro groups is 1. The number of oxazole rings is 1. The first-order valence-corrected chi connectivity index (χ1v) is 6.65. The third-order valence-corrected chi connectivity index (χ3v) is 3.24. The Labute approximate surface area is 119 Å². The van der Waals surface area contributed by atoms with Crippen LogP contribution >= 0.6 is 0 Å². The highest BCUT2D eigenvalue weighted by molar-refractivity contribution is 5.84. The minimum absolute atomic E-state index is 0.0651. The number of carbonyl (C=O) groups is 1. The third kappa shape index (κ3) is 2.93. The third-order valence-electron chi connectivity index (χ3n) is 3.24. The van der Waals surface area contributed by atoms with E-state index in [1.807, 2.05) is 0 Å². The molecule has 21 heavy (non-hydrogen) atoms. The maximum Gasteiger partial charge on any atom is 0.296 e. The largest absolute Gasteiger partial charge is 0.423 e. The van der Waals surface area contributed by atoms with Crippen LogP contribution in [0.5, 0.6) is 0 Å². The SMILES string of the molecule is CC(Nc1nc2ccc([N+](=O)[O-])cc2o1)C(=O)NC1CC1. The molecule has 0 aliphatic heterocycles. The van der Waals surface area contributed by atoms with E-state index in [0.717, 1.165) is 12.8 Å². The van der Waals surface area contributed by atoms with Crippen molar-refractivity contribution < 1.29 is 14.1 Å². The summed E-state index contributed by atoms with van der Waals surface area (Å²) >= 11 is 0. The van der Waals surface area contributed by atoms with E-state index in [4.69, 9.17) is 4.42 Å². The number of anilines is 1. The highest BCUT2D eigenvalue weighted by Crippen LogP contribution is 2.24. The van der Waals surface area contributed by atoms with E-state index in [9.17, 15) is 14.9 Å². The maximum atomic E-state index is 11.8. The lowest BCUT2D eigenvalue weighted by Crippen LogP contribution is -2.38. The summed E-state index contributed by atoms with van der Waals surface area (Å²) in [7, 11) is 0. The average molecular weight is 290 g/mol. The maximum absolute atomic E-state index is 11.8. The number of aromatic nitrogens is 1. The molecule has 1 saturated carbocycles. The summed E-state index contributed by atoms with van der Waals surface area (Å²) in [5.41, 5.74) is 0.740. The van der Waals surface area contributed by atoms with Gasteiger partial charge in [-0.25, -0.2) is 0 Å². The second kappa shape index (κ2) is 5.04. The quantitative estimate of drug-likeness (QED) is 0.642. The summed E-state index contributed by atoms with van der Waals surface area (Å²) in [6.07, 6.45) is 2.04. The molecular formula is C13H14N4O4. The van der Waals surface area contributed by atoms with Gasteiger partial charge < -0.3 is 15.1 Å². The van der Waals surface area contributed by atoms with E-state index in [-0.39, 0.29) is 23.7 Å². The van der Waals surface area contributed by atoms with Gasteiger partial charge in [-0.05, 0) is 25.8 Å². The predicted octanol–water partition coefficient (Wildman–Crippen LogP) is 1.81. The van der Waals surface area contributed by atoms with Crippen molar-refractivity contribution >= 4 is 28.7 Å². The molecule has 0 saturated heterocycles. The number of nitrogens with one attached hydrogen (secondary N) is 2. The Morgan fingerprint density at radius 2 is 2.29 bits per heavy atom. The second-order valence-corrected chi connectivity index (χ2v) is 5.08. The standard InChI is InChI=1S/C13H14N4O4/c1-7(12(18)15-8-2-3-8)14-13-16-10-5-4-9(17(19)20)6-11(10)21-13/h4-8H,2-3H2,1H3,(H,14,16)(H,15,18). The van der Waals surface area contributed by atoms with E-state index < -0.39 is 11.0 Å². The Hall–Kier alpha value is -2.64. The number of hydrogen-bond donors (Lipinski definition) is 2. The molecule has 0 spiro atoms. The van der Waals surface area contributed by atoms with Crippen molar-refractivity contribution in [1.82, 2.24) is 10.3 Å². The van der Waals surface area contributed by atoms with Gasteiger partial charge in [-0.1, -0.05) is 0 Å². The molecule has 110 valence electrons. The molecule has 1 aliphatic carbocycles. The van der Waals surface area contributed by atoms with Crippen molar-refractivity contribution in [3.63, 3.8) is 0 Å². The van der Waals surface area contributed by atoms with Crippen molar-refractivity contribution in [3.05, 3.63) is 28.3 Å². The van der Waals surface area contributed by atoms with Crippen LogP contribution in [0.15, 0.2) is 22.6 Å². The minimum Gasteiger partial charge on any atom is -0.423 e. The molecule has 1 atom stereocenters. The van der Waals surface area contributed by atoms with E-state index in [1.165, 1.54) is 18.2 Å². The monoisotopic (exact) mass is 290 g/mol. The molecule has 1 fully saturated rings. The second-order valence-electron chi connectivity index (χ2n) is 5.08. The van der Waals surface area contributed by atoms with Crippen LogP contribution in [-0.4, -0.2) is 27.9 Å². The van der Waals surface area contributed by atoms with Crippen molar-refractivity contribution in [2.24, 2.45) is 0 Å². The molecule has 1 unspecified atom stereocenters. The molecule has 1 aliphatic rings. The lowest BCUT2D eigenvalue weighted by Gasteiger charge is -2.11. The molecule has 1 heterocycles. The fourth-order valence-electron chi connectivity index (χ4n) is 1.89. The summed E-state index contributed by atoms with van der Waals surface area (Å²) in [5.74, 6) is -0.120. The molecule has 8 nitrogen and oxygen atoms in total. The van der Waals surface area contributed by atoms with E-state index in [1.54, 1.807) is 6.92 Å². The summed E-state index contributed by atoms with van der Waals surface area (Å²) < 4.78 is 5.39. The topological polar surface area (TPSA) is 110 Å². The molecule has 8 heteroatoms. The molecular weight excluding hydrogens is 276 g/mol. The van der Waals surface area contributed by atoms with Crippen LogP contribution in [0.25, 0.3) is 11.1 Å². The number of rotatable bonds is 5. The molecule has 2 aromatic rings. The Balaban J connectivity index is 1.74. The first-order chi connectivity index (χ1) is 10.0. The molecule has 0 radical (unpaired) electrons. The smallest absolute Gasteiger partial charge is 0.296 e. The zero-order valence-electron chi connectivity index (χ0n) is 11.3. The molecule has 0 bridgehead atoms. The normalized spacial score (nSPS) is 15.7. The first kappa shape index (κ1) is 13.3. The van der Waals surface area contributed by atoms with Gasteiger partial charge in [0.25, 0.3) is 11.7 Å². The van der Waals surface area contributed by atoms with Crippen LogP contribution in [0, 0.1) is 10.1 Å². The van der Waals surface area contributed by atoms with Crippen LogP contribution in [0.2, 0.25) is 0 Å². The van der Waals surface area contributed by atoms with E-state index in [2.05, 4.69) is 15.6 Å². The Kier molecular flexibility index (Phi) is 3.20. The Bertz CT molecular complexity index is 707. The highest BCUT2D eigenvalue weighted by atomic mass is 16.6. The Morgan fingerprint density at radius 1 is 1.52 bits per heavy atom. The van der Waals surface area contributed by atoms with Crippen molar-refractivity contribution in [2.75, 3.05) is 5.32 Å². The fraction of sp³-hybridized carbons (Fsp3) is 0.385. The van der Waals surface area contributed by atoms with Crippen LogP contribution in [-0.2, 0) is 4.79 Å². The van der Waals surface area contributed by atoms with Crippen LogP contribution in [0.1, 0.15) is 19.8 Å². The lowest BCUT2D eigenvalue weighted by molar-refractivity contribution is -0.384. The van der Waals surface area contributed by atoms with E-state index >= 15 is 0 Å². The van der Waals surface area contributed by atoms with Crippen molar-refractivity contribution in [1.29, 1.82) is 0 Å². The molecule has 1 aromatic carbocycles. The summed E-state index contributed by atoms with van der Waals surface area (Å²) in [5, 5.41) is 16.4. The van der Waals surface area contributed by atoms with Gasteiger partial charge in [0, 0.05) is 12.1 Å². The molecule has 3 rings (SSSR count).